The summed E-state index contributed by atoms with van der Waals surface area (Å²) in [4.78, 5) is 0. The first-order chi connectivity index (χ1) is 10.1. The van der Waals surface area contributed by atoms with E-state index in [0.717, 1.165) is 43.4 Å². The van der Waals surface area contributed by atoms with Gasteiger partial charge in [0.1, 0.15) is 6.10 Å². The van der Waals surface area contributed by atoms with E-state index in [2.05, 4.69) is 11.9 Å². The third kappa shape index (κ3) is 1.10. The number of benzene rings is 1. The van der Waals surface area contributed by atoms with Crippen molar-refractivity contribution in [3.8, 4) is 11.5 Å². The van der Waals surface area contributed by atoms with Crippen LogP contribution in [0.1, 0.15) is 30.4 Å². The molecule has 0 unspecified atom stereocenters. The molecule has 1 aromatic rings. The highest BCUT2D eigenvalue weighted by Gasteiger charge is 2.70. The molecule has 3 N–H and O–H groups in total. The summed E-state index contributed by atoms with van der Waals surface area (Å²) in [6.45, 7) is 5.06. The molecule has 2 bridgehead atoms. The van der Waals surface area contributed by atoms with Crippen molar-refractivity contribution in [2.24, 2.45) is 0 Å². The van der Waals surface area contributed by atoms with E-state index < -0.39 is 11.0 Å². The molecular weight excluding hydrogens is 266 g/mol. The fraction of sp³-hybridized carbons (Fsp3) is 0.529. The lowest BCUT2D eigenvalue weighted by molar-refractivity contribution is -0.135. The molecule has 1 saturated carbocycles. The maximum absolute atomic E-state index is 11.6. The normalized spacial score (nSPS) is 42.4. The fourth-order valence-corrected chi connectivity index (χ4v) is 5.35. The van der Waals surface area contributed by atoms with Gasteiger partial charge in [0.05, 0.1) is 11.0 Å². The van der Waals surface area contributed by atoms with Gasteiger partial charge in [-0.05, 0) is 49.4 Å². The van der Waals surface area contributed by atoms with Crippen molar-refractivity contribution >= 4 is 0 Å². The van der Waals surface area contributed by atoms with Gasteiger partial charge in [-0.25, -0.2) is 0 Å². The number of rotatable bonds is 0. The van der Waals surface area contributed by atoms with Crippen LogP contribution in [0.4, 0.5) is 0 Å². The average Bonchev–Trinajstić information content (AvgIpc) is 2.80. The number of piperidine rings is 1. The summed E-state index contributed by atoms with van der Waals surface area (Å²) in [6.07, 6.45) is 2.92. The van der Waals surface area contributed by atoms with E-state index in [4.69, 9.17) is 4.74 Å². The van der Waals surface area contributed by atoms with Crippen molar-refractivity contribution in [1.29, 1.82) is 0 Å². The van der Waals surface area contributed by atoms with Crippen LogP contribution >= 0.6 is 0 Å². The number of aliphatic hydroxyl groups is 1. The third-order valence-corrected chi connectivity index (χ3v) is 6.23. The quantitative estimate of drug-likeness (QED) is 0.630. The third-order valence-electron chi connectivity index (χ3n) is 6.23. The van der Waals surface area contributed by atoms with Gasteiger partial charge in [0, 0.05) is 11.6 Å². The number of phenolic OH excluding ortho intramolecular Hbond substituents is 1. The van der Waals surface area contributed by atoms with Crippen LogP contribution in [0.5, 0.6) is 11.5 Å². The first-order valence-corrected chi connectivity index (χ1v) is 7.73. The summed E-state index contributed by atoms with van der Waals surface area (Å²) in [7, 11) is 0. The molecule has 5 rings (SSSR count). The topological polar surface area (TPSA) is 61.7 Å². The Bertz CT molecular complexity index is 685. The second kappa shape index (κ2) is 3.45. The highest BCUT2D eigenvalue weighted by atomic mass is 16.5. The van der Waals surface area contributed by atoms with Crippen LogP contribution < -0.4 is 10.1 Å². The van der Waals surface area contributed by atoms with Crippen LogP contribution in [-0.4, -0.2) is 34.5 Å². The second-order valence-electron chi connectivity index (χ2n) is 6.96. The summed E-state index contributed by atoms with van der Waals surface area (Å²) < 4.78 is 6.15. The van der Waals surface area contributed by atoms with E-state index in [1.165, 1.54) is 5.56 Å². The molecule has 0 radical (unpaired) electrons. The van der Waals surface area contributed by atoms with Gasteiger partial charge in [0.15, 0.2) is 11.5 Å². The second-order valence-corrected chi connectivity index (χ2v) is 6.96. The Morgan fingerprint density at radius 1 is 1.33 bits per heavy atom. The Hall–Kier alpha value is -1.52. The Morgan fingerprint density at radius 2 is 2.19 bits per heavy atom. The first-order valence-electron chi connectivity index (χ1n) is 7.73. The number of hydrogen-bond donors (Lipinski definition) is 3. The number of ether oxygens (including phenoxy) is 1. The van der Waals surface area contributed by atoms with Crippen molar-refractivity contribution in [2.45, 2.75) is 48.8 Å². The Labute approximate surface area is 123 Å². The lowest BCUT2D eigenvalue weighted by Crippen LogP contribution is -2.74. The Morgan fingerprint density at radius 3 is 3.05 bits per heavy atom. The molecule has 0 amide bonds. The standard InChI is InChI=1S/C17H19NO3/c1-9-4-5-17(20)12-8-10-2-3-11(19)14-13(10)16(17,6-7-18-12)15(9)21-14/h2-3,12,15,18-20H,1,4-8H2/t12-,15-,16-,17+/m0/s1. The monoisotopic (exact) mass is 285 g/mol. The van der Waals surface area contributed by atoms with Gasteiger partial charge in [-0.3, -0.25) is 0 Å². The highest BCUT2D eigenvalue weighted by Crippen LogP contribution is 2.64. The van der Waals surface area contributed by atoms with E-state index in [9.17, 15) is 10.2 Å². The zero-order chi connectivity index (χ0) is 14.4. The lowest BCUT2D eigenvalue weighted by atomic mass is 9.49. The van der Waals surface area contributed by atoms with Gasteiger partial charge in [-0.1, -0.05) is 12.6 Å². The molecule has 4 heteroatoms. The number of nitrogens with one attached hydrogen (secondary N) is 1. The number of phenols is 1. The molecule has 2 heterocycles. The van der Waals surface area contributed by atoms with Crippen molar-refractivity contribution in [1.82, 2.24) is 5.32 Å². The van der Waals surface area contributed by atoms with Gasteiger partial charge in [-0.15, -0.1) is 0 Å². The molecule has 21 heavy (non-hydrogen) atoms. The SMILES string of the molecule is C=C1CC[C@@]2(O)[C@@H]3Cc4ccc(O)c5c4[C@@]2(CCN3)[C@H]1O5. The van der Waals surface area contributed by atoms with E-state index in [1.807, 2.05) is 6.07 Å². The molecule has 1 saturated heterocycles. The Balaban J connectivity index is 1.89. The van der Waals surface area contributed by atoms with Gasteiger partial charge in [0.2, 0.25) is 0 Å². The molecule has 2 fully saturated rings. The van der Waals surface area contributed by atoms with Gasteiger partial charge >= 0.3 is 0 Å². The molecule has 2 aliphatic heterocycles. The van der Waals surface area contributed by atoms with Crippen LogP contribution in [0.3, 0.4) is 0 Å². The molecule has 4 atom stereocenters. The van der Waals surface area contributed by atoms with E-state index in [1.54, 1.807) is 6.07 Å². The minimum atomic E-state index is -0.802. The van der Waals surface area contributed by atoms with Crippen molar-refractivity contribution in [3.63, 3.8) is 0 Å². The zero-order valence-corrected chi connectivity index (χ0v) is 11.9. The van der Waals surface area contributed by atoms with E-state index in [-0.39, 0.29) is 17.9 Å². The van der Waals surface area contributed by atoms with Crippen molar-refractivity contribution < 1.29 is 14.9 Å². The zero-order valence-electron chi connectivity index (χ0n) is 11.9. The van der Waals surface area contributed by atoms with Crippen LogP contribution in [0.15, 0.2) is 24.3 Å². The smallest absolute Gasteiger partial charge is 0.166 e. The molecule has 4 aliphatic rings. The van der Waals surface area contributed by atoms with E-state index in [0.29, 0.717) is 5.75 Å². The van der Waals surface area contributed by atoms with Crippen molar-refractivity contribution in [3.05, 3.63) is 35.4 Å². The molecule has 1 aromatic carbocycles. The van der Waals surface area contributed by atoms with Crippen LogP contribution in [0.25, 0.3) is 0 Å². The first kappa shape index (κ1) is 12.1. The van der Waals surface area contributed by atoms with Crippen LogP contribution in [0.2, 0.25) is 0 Å². The summed E-state index contributed by atoms with van der Waals surface area (Å²) in [6, 6.07) is 3.76. The van der Waals surface area contributed by atoms with E-state index >= 15 is 0 Å². The fourth-order valence-electron chi connectivity index (χ4n) is 5.35. The predicted molar refractivity (Wildman–Crippen MR) is 77.6 cm³/mol. The van der Waals surface area contributed by atoms with Crippen molar-refractivity contribution in [2.75, 3.05) is 6.54 Å². The summed E-state index contributed by atoms with van der Waals surface area (Å²) >= 11 is 0. The number of hydrogen-bond acceptors (Lipinski definition) is 4. The highest BCUT2D eigenvalue weighted by molar-refractivity contribution is 5.63. The summed E-state index contributed by atoms with van der Waals surface area (Å²) in [5, 5.41) is 25.3. The largest absolute Gasteiger partial charge is 0.504 e. The average molecular weight is 285 g/mol. The molecule has 110 valence electrons. The lowest BCUT2D eigenvalue weighted by Gasteiger charge is -2.60. The van der Waals surface area contributed by atoms with Crippen LogP contribution in [0, 0.1) is 0 Å². The maximum atomic E-state index is 11.6. The molecule has 4 nitrogen and oxygen atoms in total. The van der Waals surface area contributed by atoms with Gasteiger partial charge < -0.3 is 20.3 Å². The Kier molecular flexibility index (Phi) is 1.98. The molecule has 2 aliphatic carbocycles. The summed E-state index contributed by atoms with van der Waals surface area (Å²) in [5.41, 5.74) is 2.06. The minimum Gasteiger partial charge on any atom is -0.504 e. The van der Waals surface area contributed by atoms with Gasteiger partial charge in [-0.2, -0.15) is 0 Å². The predicted octanol–water partition coefficient (Wildman–Crippen LogP) is 1.39. The summed E-state index contributed by atoms with van der Waals surface area (Å²) in [5.74, 6) is 0.768. The minimum absolute atomic E-state index is 0.0634. The number of aromatic hydroxyl groups is 1. The molecular formula is C17H19NO3. The molecule has 0 aromatic heterocycles. The molecule has 1 spiro atoms. The van der Waals surface area contributed by atoms with Crippen LogP contribution in [-0.2, 0) is 11.8 Å². The maximum Gasteiger partial charge on any atom is 0.166 e. The van der Waals surface area contributed by atoms with Gasteiger partial charge in [0.25, 0.3) is 0 Å².